The minimum absolute atomic E-state index is 0.0172. The summed E-state index contributed by atoms with van der Waals surface area (Å²) in [4.78, 5) is 10.9. The maximum Gasteiger partial charge on any atom is 0.417 e. The third kappa shape index (κ3) is 3.73. The van der Waals surface area contributed by atoms with Gasteiger partial charge in [-0.1, -0.05) is 12.1 Å². The summed E-state index contributed by atoms with van der Waals surface area (Å²) in [6, 6.07) is 3.86. The number of alkyl halides is 3. The van der Waals surface area contributed by atoms with E-state index < -0.39 is 17.7 Å². The van der Waals surface area contributed by atoms with E-state index in [2.05, 4.69) is 20.7 Å². The maximum atomic E-state index is 12.6. The molecule has 0 amide bonds. The quantitative estimate of drug-likeness (QED) is 0.798. The van der Waals surface area contributed by atoms with Gasteiger partial charge in [0.05, 0.1) is 12.7 Å². The molecule has 0 unspecified atom stereocenters. The third-order valence-corrected chi connectivity index (χ3v) is 3.15. The number of hydrogen-bond acceptors (Lipinski definition) is 2. The van der Waals surface area contributed by atoms with Gasteiger partial charge in [0, 0.05) is 10.9 Å². The van der Waals surface area contributed by atoms with Crippen molar-refractivity contribution in [3.63, 3.8) is 0 Å². The van der Waals surface area contributed by atoms with E-state index >= 15 is 0 Å². The zero-order chi connectivity index (χ0) is 13.1. The van der Waals surface area contributed by atoms with E-state index in [1.54, 1.807) is 6.07 Å². The van der Waals surface area contributed by atoms with Gasteiger partial charge in [-0.3, -0.25) is 4.79 Å². The number of hydrogen-bond donors (Lipinski definition) is 0. The lowest BCUT2D eigenvalue weighted by molar-refractivity contribution is -0.140. The van der Waals surface area contributed by atoms with Crippen LogP contribution in [0.1, 0.15) is 17.5 Å². The molecule has 0 heterocycles. The average Bonchev–Trinajstić information content (AvgIpc) is 2.25. The van der Waals surface area contributed by atoms with Crippen molar-refractivity contribution in [2.45, 2.75) is 19.0 Å². The zero-order valence-electron chi connectivity index (χ0n) is 8.97. The number of carbonyl (C=O) groups excluding carboxylic acids is 1. The largest absolute Gasteiger partial charge is 0.469 e. The summed E-state index contributed by atoms with van der Waals surface area (Å²) in [6.07, 6.45) is -4.15. The molecule has 0 aliphatic heterocycles. The summed E-state index contributed by atoms with van der Waals surface area (Å²) in [5, 5.41) is 0. The molecule has 0 atom stereocenters. The van der Waals surface area contributed by atoms with Gasteiger partial charge in [-0.25, -0.2) is 0 Å². The lowest BCUT2D eigenvalue weighted by Crippen LogP contribution is -2.08. The molecule has 94 valence electrons. The summed E-state index contributed by atoms with van der Waals surface area (Å²) in [5.41, 5.74) is -0.301. The first-order valence-electron chi connectivity index (χ1n) is 4.77. The molecule has 0 N–H and O–H groups in total. The second-order valence-corrected chi connectivity index (χ2v) is 4.15. The van der Waals surface area contributed by atoms with Crippen molar-refractivity contribution >= 4 is 21.9 Å². The van der Waals surface area contributed by atoms with E-state index in [1.807, 2.05) is 0 Å². The van der Waals surface area contributed by atoms with Crippen LogP contribution in [0.2, 0.25) is 0 Å². The number of aryl methyl sites for hydroxylation is 1. The molecule has 1 aromatic carbocycles. The van der Waals surface area contributed by atoms with Gasteiger partial charge < -0.3 is 4.74 Å². The van der Waals surface area contributed by atoms with Crippen molar-refractivity contribution in [2.75, 3.05) is 7.11 Å². The Morgan fingerprint density at radius 1 is 1.41 bits per heavy atom. The summed E-state index contributed by atoms with van der Waals surface area (Å²) >= 11 is 2.92. The number of esters is 1. The Morgan fingerprint density at radius 3 is 2.59 bits per heavy atom. The summed E-state index contributed by atoms with van der Waals surface area (Å²) in [6.45, 7) is 0. The van der Waals surface area contributed by atoms with Crippen LogP contribution in [-0.4, -0.2) is 13.1 Å². The first-order chi connectivity index (χ1) is 7.86. The molecule has 0 saturated carbocycles. The van der Waals surface area contributed by atoms with Crippen molar-refractivity contribution < 1.29 is 22.7 Å². The van der Waals surface area contributed by atoms with E-state index in [1.165, 1.54) is 13.2 Å². The lowest BCUT2D eigenvalue weighted by atomic mass is 10.1. The Bertz CT molecular complexity index is 416. The number of rotatable bonds is 3. The average molecular weight is 311 g/mol. The highest BCUT2D eigenvalue weighted by atomic mass is 79.9. The van der Waals surface area contributed by atoms with E-state index in [4.69, 9.17) is 0 Å². The summed E-state index contributed by atoms with van der Waals surface area (Å²) < 4.78 is 42.1. The monoisotopic (exact) mass is 310 g/mol. The molecule has 1 aromatic rings. The van der Waals surface area contributed by atoms with Gasteiger partial charge in [0.25, 0.3) is 0 Å². The lowest BCUT2D eigenvalue weighted by Gasteiger charge is -2.12. The van der Waals surface area contributed by atoms with Gasteiger partial charge in [0.2, 0.25) is 0 Å². The predicted octanol–water partition coefficient (Wildman–Crippen LogP) is 3.57. The molecule has 0 aliphatic rings. The van der Waals surface area contributed by atoms with Crippen LogP contribution in [0, 0.1) is 0 Å². The molecular formula is C11H10BrF3O2. The van der Waals surface area contributed by atoms with Crippen LogP contribution in [0.3, 0.4) is 0 Å². The first-order valence-corrected chi connectivity index (χ1v) is 5.57. The molecule has 0 saturated heterocycles. The van der Waals surface area contributed by atoms with Gasteiger partial charge in [0.15, 0.2) is 0 Å². The van der Waals surface area contributed by atoms with Gasteiger partial charge in [-0.05, 0) is 34.0 Å². The Morgan fingerprint density at radius 2 is 2.06 bits per heavy atom. The molecule has 0 radical (unpaired) electrons. The van der Waals surface area contributed by atoms with E-state index in [-0.39, 0.29) is 17.3 Å². The fourth-order valence-electron chi connectivity index (χ4n) is 1.33. The molecule has 17 heavy (non-hydrogen) atoms. The van der Waals surface area contributed by atoms with Crippen molar-refractivity contribution in [1.29, 1.82) is 0 Å². The van der Waals surface area contributed by atoms with E-state index in [0.717, 1.165) is 6.07 Å². The van der Waals surface area contributed by atoms with Crippen LogP contribution in [0.4, 0.5) is 13.2 Å². The molecule has 0 fully saturated rings. The highest BCUT2D eigenvalue weighted by Crippen LogP contribution is 2.36. The Hall–Kier alpha value is -1.04. The highest BCUT2D eigenvalue weighted by Gasteiger charge is 2.33. The number of ether oxygens (including phenoxy) is 1. The minimum Gasteiger partial charge on any atom is -0.469 e. The molecule has 0 aliphatic carbocycles. The molecular weight excluding hydrogens is 301 g/mol. The minimum atomic E-state index is -4.40. The molecule has 1 rings (SSSR count). The van der Waals surface area contributed by atoms with Gasteiger partial charge >= 0.3 is 12.1 Å². The fourth-order valence-corrected chi connectivity index (χ4v) is 2.02. The summed E-state index contributed by atoms with van der Waals surface area (Å²) in [7, 11) is 1.24. The topological polar surface area (TPSA) is 26.3 Å². The first kappa shape index (κ1) is 14.0. The Balaban J connectivity index is 2.91. The number of methoxy groups -OCH3 is 1. The zero-order valence-corrected chi connectivity index (χ0v) is 10.6. The normalized spacial score (nSPS) is 11.4. The fraction of sp³-hybridized carbons (Fsp3) is 0.364. The molecule has 2 nitrogen and oxygen atoms in total. The van der Waals surface area contributed by atoms with E-state index in [0.29, 0.717) is 5.56 Å². The van der Waals surface area contributed by atoms with Crippen LogP contribution in [-0.2, 0) is 22.1 Å². The van der Waals surface area contributed by atoms with Gasteiger partial charge in [-0.15, -0.1) is 0 Å². The highest BCUT2D eigenvalue weighted by molar-refractivity contribution is 9.10. The van der Waals surface area contributed by atoms with Gasteiger partial charge in [0.1, 0.15) is 0 Å². The molecule has 0 spiro atoms. The predicted molar refractivity (Wildman–Crippen MR) is 59.5 cm³/mol. The third-order valence-electron chi connectivity index (χ3n) is 2.21. The molecule has 0 aromatic heterocycles. The van der Waals surface area contributed by atoms with Crippen LogP contribution in [0.25, 0.3) is 0 Å². The SMILES string of the molecule is COC(=O)CCc1cccc(C(F)(F)F)c1Br. The second-order valence-electron chi connectivity index (χ2n) is 3.35. The summed E-state index contributed by atoms with van der Waals surface area (Å²) in [5.74, 6) is -0.450. The van der Waals surface area contributed by atoms with Crippen molar-refractivity contribution in [3.05, 3.63) is 33.8 Å². The van der Waals surface area contributed by atoms with Crippen molar-refractivity contribution in [2.24, 2.45) is 0 Å². The van der Waals surface area contributed by atoms with Crippen LogP contribution < -0.4 is 0 Å². The number of carbonyl (C=O) groups is 1. The van der Waals surface area contributed by atoms with Crippen LogP contribution in [0.5, 0.6) is 0 Å². The maximum absolute atomic E-state index is 12.6. The Labute approximate surface area is 105 Å². The van der Waals surface area contributed by atoms with Crippen LogP contribution in [0.15, 0.2) is 22.7 Å². The number of halogens is 4. The number of benzene rings is 1. The van der Waals surface area contributed by atoms with Gasteiger partial charge in [-0.2, -0.15) is 13.2 Å². The Kier molecular flexibility index (Phi) is 4.56. The molecule has 6 heteroatoms. The van der Waals surface area contributed by atoms with Crippen molar-refractivity contribution in [1.82, 2.24) is 0 Å². The smallest absolute Gasteiger partial charge is 0.417 e. The van der Waals surface area contributed by atoms with Crippen LogP contribution >= 0.6 is 15.9 Å². The second kappa shape index (κ2) is 5.53. The van der Waals surface area contributed by atoms with E-state index in [9.17, 15) is 18.0 Å². The van der Waals surface area contributed by atoms with Crippen molar-refractivity contribution in [3.8, 4) is 0 Å². The standard InChI is InChI=1S/C11H10BrF3O2/c1-17-9(16)6-5-7-3-2-4-8(10(7)12)11(13,14)15/h2-4H,5-6H2,1H3. The molecule has 0 bridgehead atoms.